The van der Waals surface area contributed by atoms with E-state index in [1.165, 1.54) is 12.1 Å². The lowest BCUT2D eigenvalue weighted by Crippen LogP contribution is -2.14. The molecule has 2 rings (SSSR count). The van der Waals surface area contributed by atoms with Crippen molar-refractivity contribution in [2.24, 2.45) is 0 Å². The van der Waals surface area contributed by atoms with Gasteiger partial charge in [-0.25, -0.2) is 9.97 Å². The number of nitrogens with zero attached hydrogens (tertiary/aromatic N) is 2. The Hall–Kier alpha value is -2.64. The number of aromatic nitrogens is 4. The minimum Gasteiger partial charge on any atom is -0.369 e. The highest BCUT2D eigenvalue weighted by Crippen LogP contribution is 2.10. The molecule has 0 aliphatic carbocycles. The molecule has 6 N–H and O–H groups in total. The van der Waals surface area contributed by atoms with E-state index in [0.717, 1.165) is 0 Å². The summed E-state index contributed by atoms with van der Waals surface area (Å²) in [5.41, 5.74) is 10.3. The second kappa shape index (κ2) is 3.50. The summed E-state index contributed by atoms with van der Waals surface area (Å²) in [5, 5.41) is 0. The molecule has 2 aromatic heterocycles. The fraction of sp³-hybridized carbons (Fsp3) is 0. The molecule has 0 unspecified atom stereocenters. The molecule has 2 aromatic rings. The molecule has 0 aromatic carbocycles. The van der Waals surface area contributed by atoms with Gasteiger partial charge in [-0.3, -0.25) is 19.6 Å². The van der Waals surface area contributed by atoms with E-state index in [1.807, 2.05) is 0 Å². The molecule has 16 heavy (non-hydrogen) atoms. The van der Waals surface area contributed by atoms with Crippen LogP contribution >= 0.6 is 0 Å². The summed E-state index contributed by atoms with van der Waals surface area (Å²) >= 11 is 0. The van der Waals surface area contributed by atoms with Crippen LogP contribution in [0.15, 0.2) is 21.7 Å². The number of hydrogen-bond acceptors (Lipinski definition) is 6. The zero-order valence-corrected chi connectivity index (χ0v) is 8.02. The van der Waals surface area contributed by atoms with E-state index in [2.05, 4.69) is 19.9 Å². The average molecular weight is 220 g/mol. The van der Waals surface area contributed by atoms with Crippen LogP contribution in [-0.4, -0.2) is 19.9 Å². The minimum absolute atomic E-state index is 0.0526. The van der Waals surface area contributed by atoms with Gasteiger partial charge < -0.3 is 11.5 Å². The predicted molar refractivity (Wildman–Crippen MR) is 57.5 cm³/mol. The fourth-order valence-electron chi connectivity index (χ4n) is 1.22. The number of nitrogens with two attached hydrogens (primary N) is 2. The number of nitrogens with one attached hydrogen (secondary N) is 2. The van der Waals surface area contributed by atoms with Crippen molar-refractivity contribution in [3.05, 3.63) is 32.8 Å². The van der Waals surface area contributed by atoms with Gasteiger partial charge in [-0.1, -0.05) is 0 Å². The Kier molecular flexibility index (Phi) is 2.16. The van der Waals surface area contributed by atoms with Crippen molar-refractivity contribution in [3.63, 3.8) is 0 Å². The Morgan fingerprint density at radius 3 is 1.56 bits per heavy atom. The van der Waals surface area contributed by atoms with Gasteiger partial charge in [0.25, 0.3) is 11.1 Å². The second-order valence-corrected chi connectivity index (χ2v) is 3.03. The highest BCUT2D eigenvalue weighted by atomic mass is 16.1. The summed E-state index contributed by atoms with van der Waals surface area (Å²) in [4.78, 5) is 34.5. The monoisotopic (exact) mass is 220 g/mol. The third-order valence-corrected chi connectivity index (χ3v) is 1.78. The number of nitrogen functional groups attached to an aromatic ring is 2. The first-order chi connectivity index (χ1) is 7.54. The summed E-state index contributed by atoms with van der Waals surface area (Å²) in [7, 11) is 0. The van der Waals surface area contributed by atoms with Crippen molar-refractivity contribution >= 4 is 11.9 Å². The first-order valence-corrected chi connectivity index (χ1v) is 4.28. The molecule has 2 heterocycles. The minimum atomic E-state index is -0.428. The standard InChI is InChI=1S/C8H8N6O2/c9-7-11-3(1-5(15)13-7)4-2-6(16)14-8(10)12-4/h1-2H,(H3,9,11,13,15)(H3,10,12,14,16). The van der Waals surface area contributed by atoms with Gasteiger partial charge in [0.05, 0.1) is 11.4 Å². The SMILES string of the molecule is Nc1nc(-c2cc(=O)[nH]c(N)n2)cc(=O)[nH]1. The summed E-state index contributed by atoms with van der Waals surface area (Å²) in [6.07, 6.45) is 0. The van der Waals surface area contributed by atoms with Crippen molar-refractivity contribution < 1.29 is 0 Å². The van der Waals surface area contributed by atoms with E-state index in [9.17, 15) is 9.59 Å². The predicted octanol–water partition coefficient (Wildman–Crippen LogP) is -1.32. The van der Waals surface area contributed by atoms with Crippen LogP contribution in [0, 0.1) is 0 Å². The van der Waals surface area contributed by atoms with Crippen LogP contribution in [0.3, 0.4) is 0 Å². The number of hydrogen-bond donors (Lipinski definition) is 4. The highest BCUT2D eigenvalue weighted by Gasteiger charge is 2.05. The molecule has 0 amide bonds. The molecular weight excluding hydrogens is 212 g/mol. The number of anilines is 2. The quantitative estimate of drug-likeness (QED) is 0.469. The lowest BCUT2D eigenvalue weighted by Gasteiger charge is -2.00. The van der Waals surface area contributed by atoms with Crippen LogP contribution in [0.25, 0.3) is 11.4 Å². The number of H-pyrrole nitrogens is 2. The average Bonchev–Trinajstić information content (AvgIpc) is 2.14. The normalized spacial score (nSPS) is 10.2. The van der Waals surface area contributed by atoms with Crippen LogP contribution in [0.4, 0.5) is 11.9 Å². The van der Waals surface area contributed by atoms with Crippen molar-refractivity contribution in [2.75, 3.05) is 11.5 Å². The number of rotatable bonds is 1. The van der Waals surface area contributed by atoms with Crippen molar-refractivity contribution in [1.82, 2.24) is 19.9 Å². The van der Waals surface area contributed by atoms with Gasteiger partial charge in [0.15, 0.2) is 0 Å². The summed E-state index contributed by atoms with van der Waals surface area (Å²) < 4.78 is 0. The molecule has 82 valence electrons. The zero-order chi connectivity index (χ0) is 11.7. The Morgan fingerprint density at radius 1 is 0.875 bits per heavy atom. The maximum Gasteiger partial charge on any atom is 0.252 e. The van der Waals surface area contributed by atoms with Gasteiger partial charge in [0.2, 0.25) is 11.9 Å². The molecule has 0 radical (unpaired) electrons. The van der Waals surface area contributed by atoms with Crippen LogP contribution in [0.2, 0.25) is 0 Å². The lowest BCUT2D eigenvalue weighted by atomic mass is 10.3. The van der Waals surface area contributed by atoms with Crippen LogP contribution in [0.5, 0.6) is 0 Å². The smallest absolute Gasteiger partial charge is 0.252 e. The summed E-state index contributed by atoms with van der Waals surface area (Å²) in [6, 6.07) is 2.36. The Labute approximate surface area is 88.4 Å². The molecule has 0 atom stereocenters. The molecule has 0 saturated heterocycles. The van der Waals surface area contributed by atoms with Crippen molar-refractivity contribution in [2.45, 2.75) is 0 Å². The highest BCUT2D eigenvalue weighted by molar-refractivity contribution is 5.55. The second-order valence-electron chi connectivity index (χ2n) is 3.03. The maximum atomic E-state index is 11.1. The van der Waals surface area contributed by atoms with Crippen molar-refractivity contribution in [3.8, 4) is 11.4 Å². The first-order valence-electron chi connectivity index (χ1n) is 4.28. The molecule has 0 aliphatic heterocycles. The third kappa shape index (κ3) is 1.90. The Balaban J connectivity index is 2.67. The van der Waals surface area contributed by atoms with E-state index in [-0.39, 0.29) is 23.3 Å². The van der Waals surface area contributed by atoms with Gasteiger partial charge in [0, 0.05) is 12.1 Å². The molecule has 0 bridgehead atoms. The van der Waals surface area contributed by atoms with Crippen LogP contribution in [0.1, 0.15) is 0 Å². The van der Waals surface area contributed by atoms with E-state index in [1.54, 1.807) is 0 Å². The molecular formula is C8H8N6O2. The van der Waals surface area contributed by atoms with Gasteiger partial charge in [0.1, 0.15) is 0 Å². The van der Waals surface area contributed by atoms with Gasteiger partial charge >= 0.3 is 0 Å². The van der Waals surface area contributed by atoms with Gasteiger partial charge in [-0.05, 0) is 0 Å². The van der Waals surface area contributed by atoms with E-state index >= 15 is 0 Å². The molecule has 8 nitrogen and oxygen atoms in total. The number of aromatic amines is 2. The molecule has 0 fully saturated rings. The zero-order valence-electron chi connectivity index (χ0n) is 8.02. The third-order valence-electron chi connectivity index (χ3n) is 1.78. The molecule has 0 spiro atoms. The van der Waals surface area contributed by atoms with Crippen LogP contribution in [-0.2, 0) is 0 Å². The summed E-state index contributed by atoms with van der Waals surface area (Å²) in [6.45, 7) is 0. The van der Waals surface area contributed by atoms with Gasteiger partial charge in [-0.15, -0.1) is 0 Å². The van der Waals surface area contributed by atoms with E-state index < -0.39 is 11.1 Å². The maximum absolute atomic E-state index is 11.1. The molecule has 0 saturated carbocycles. The lowest BCUT2D eigenvalue weighted by molar-refractivity contribution is 1.10. The molecule has 8 heteroatoms. The van der Waals surface area contributed by atoms with Gasteiger partial charge in [-0.2, -0.15) is 0 Å². The largest absolute Gasteiger partial charge is 0.369 e. The first kappa shape index (κ1) is 9.90. The summed E-state index contributed by atoms with van der Waals surface area (Å²) in [5.74, 6) is -0.105. The Bertz CT molecular complexity index is 586. The fourth-order valence-corrected chi connectivity index (χ4v) is 1.22. The molecule has 0 aliphatic rings. The van der Waals surface area contributed by atoms with E-state index in [0.29, 0.717) is 0 Å². The van der Waals surface area contributed by atoms with Crippen molar-refractivity contribution in [1.29, 1.82) is 0 Å². The van der Waals surface area contributed by atoms with Crippen LogP contribution < -0.4 is 22.6 Å². The Morgan fingerprint density at radius 2 is 1.25 bits per heavy atom. The van der Waals surface area contributed by atoms with E-state index in [4.69, 9.17) is 11.5 Å². The topological polar surface area (TPSA) is 144 Å².